The van der Waals surface area contributed by atoms with E-state index < -0.39 is 0 Å². The Bertz CT molecular complexity index is 682. The standard InChI is InChI=1S/C18H24N2O5/c1-12(24-11-14-6-4-5-9-23-14)18-19-17(20-25-18)13-7-8-15(21-2)16(10-13)22-3/h7-8,10,12,14H,4-6,9,11H2,1-3H3/t12-,14-/m1/s1. The Morgan fingerprint density at radius 1 is 1.20 bits per heavy atom. The molecule has 7 heteroatoms. The van der Waals surface area contributed by atoms with Crippen molar-refractivity contribution in [3.05, 3.63) is 24.1 Å². The lowest BCUT2D eigenvalue weighted by atomic mass is 10.1. The summed E-state index contributed by atoms with van der Waals surface area (Å²) in [6.45, 7) is 3.25. The molecule has 0 saturated carbocycles. The number of benzene rings is 1. The van der Waals surface area contributed by atoms with Gasteiger partial charge < -0.3 is 23.5 Å². The molecule has 0 aliphatic carbocycles. The van der Waals surface area contributed by atoms with Gasteiger partial charge in [0.25, 0.3) is 5.89 Å². The van der Waals surface area contributed by atoms with Crippen LogP contribution >= 0.6 is 0 Å². The smallest absolute Gasteiger partial charge is 0.255 e. The highest BCUT2D eigenvalue weighted by Gasteiger charge is 2.20. The third kappa shape index (κ3) is 4.29. The molecule has 0 amide bonds. The maximum absolute atomic E-state index is 5.83. The molecule has 2 atom stereocenters. The molecule has 1 aromatic heterocycles. The second-order valence-corrected chi connectivity index (χ2v) is 5.99. The summed E-state index contributed by atoms with van der Waals surface area (Å²) in [6, 6.07) is 5.48. The van der Waals surface area contributed by atoms with Gasteiger partial charge in [-0.3, -0.25) is 0 Å². The molecular formula is C18H24N2O5. The van der Waals surface area contributed by atoms with Crippen LogP contribution in [-0.4, -0.2) is 43.7 Å². The van der Waals surface area contributed by atoms with Crippen LogP contribution in [-0.2, 0) is 9.47 Å². The lowest BCUT2D eigenvalue weighted by Gasteiger charge is -2.23. The van der Waals surface area contributed by atoms with Gasteiger partial charge in [0, 0.05) is 12.2 Å². The van der Waals surface area contributed by atoms with Crippen LogP contribution in [0.15, 0.2) is 22.7 Å². The van der Waals surface area contributed by atoms with Gasteiger partial charge >= 0.3 is 0 Å². The quantitative estimate of drug-likeness (QED) is 0.759. The van der Waals surface area contributed by atoms with Gasteiger partial charge in [0.05, 0.1) is 26.9 Å². The van der Waals surface area contributed by atoms with Crippen LogP contribution in [0.1, 0.15) is 38.2 Å². The summed E-state index contributed by atoms with van der Waals surface area (Å²) < 4.78 is 27.4. The van der Waals surface area contributed by atoms with Gasteiger partial charge in [0.15, 0.2) is 11.5 Å². The Kier molecular flexibility index (Phi) is 5.88. The Hall–Kier alpha value is -2.12. The molecule has 1 saturated heterocycles. The van der Waals surface area contributed by atoms with E-state index in [0.29, 0.717) is 29.8 Å². The zero-order chi connectivity index (χ0) is 17.6. The number of aromatic nitrogens is 2. The lowest BCUT2D eigenvalue weighted by molar-refractivity contribution is -0.0656. The largest absolute Gasteiger partial charge is 0.493 e. The molecule has 0 spiro atoms. The molecule has 0 radical (unpaired) electrons. The van der Waals surface area contributed by atoms with Gasteiger partial charge in [-0.1, -0.05) is 5.16 Å². The summed E-state index contributed by atoms with van der Waals surface area (Å²) in [6.07, 6.45) is 3.22. The highest BCUT2D eigenvalue weighted by molar-refractivity contribution is 5.60. The monoisotopic (exact) mass is 348 g/mol. The molecule has 3 rings (SSSR count). The maximum atomic E-state index is 5.83. The Morgan fingerprint density at radius 3 is 2.76 bits per heavy atom. The Morgan fingerprint density at radius 2 is 2.04 bits per heavy atom. The second kappa shape index (κ2) is 8.31. The van der Waals surface area contributed by atoms with Crippen molar-refractivity contribution < 1.29 is 23.5 Å². The predicted molar refractivity (Wildman–Crippen MR) is 90.8 cm³/mol. The van der Waals surface area contributed by atoms with E-state index in [4.69, 9.17) is 23.5 Å². The minimum atomic E-state index is -0.285. The fraction of sp³-hybridized carbons (Fsp3) is 0.556. The van der Waals surface area contributed by atoms with E-state index in [0.717, 1.165) is 25.0 Å². The van der Waals surface area contributed by atoms with Crippen LogP contribution in [0, 0.1) is 0 Å². The zero-order valence-electron chi connectivity index (χ0n) is 14.9. The molecule has 1 aromatic carbocycles. The van der Waals surface area contributed by atoms with E-state index in [9.17, 15) is 0 Å². The lowest BCUT2D eigenvalue weighted by Crippen LogP contribution is -2.25. The van der Waals surface area contributed by atoms with Crippen LogP contribution in [0.3, 0.4) is 0 Å². The Labute approximate surface area is 147 Å². The van der Waals surface area contributed by atoms with Crippen LogP contribution in [0.2, 0.25) is 0 Å². The molecule has 7 nitrogen and oxygen atoms in total. The maximum Gasteiger partial charge on any atom is 0.255 e. The summed E-state index contributed by atoms with van der Waals surface area (Å²) in [5, 5.41) is 4.04. The first-order valence-corrected chi connectivity index (χ1v) is 8.50. The average molecular weight is 348 g/mol. The van der Waals surface area contributed by atoms with Crippen molar-refractivity contribution >= 4 is 0 Å². The first-order chi connectivity index (χ1) is 12.2. The summed E-state index contributed by atoms with van der Waals surface area (Å²) >= 11 is 0. The first kappa shape index (κ1) is 17.7. The SMILES string of the molecule is COc1ccc(-c2noc([C@@H](C)OC[C@H]3CCCCO3)n2)cc1OC. The molecule has 0 bridgehead atoms. The van der Waals surface area contributed by atoms with Gasteiger partial charge in [-0.05, 0) is 44.4 Å². The number of nitrogens with zero attached hydrogens (tertiary/aromatic N) is 2. The minimum Gasteiger partial charge on any atom is -0.493 e. The van der Waals surface area contributed by atoms with E-state index in [1.165, 1.54) is 6.42 Å². The van der Waals surface area contributed by atoms with Crippen molar-refractivity contribution in [1.82, 2.24) is 10.1 Å². The van der Waals surface area contributed by atoms with Crippen molar-refractivity contribution in [2.45, 2.75) is 38.4 Å². The van der Waals surface area contributed by atoms with Gasteiger partial charge in [-0.15, -0.1) is 0 Å². The van der Waals surface area contributed by atoms with Gasteiger partial charge in [0.2, 0.25) is 5.82 Å². The van der Waals surface area contributed by atoms with Crippen LogP contribution in [0.4, 0.5) is 0 Å². The van der Waals surface area contributed by atoms with Crippen molar-refractivity contribution in [1.29, 1.82) is 0 Å². The van der Waals surface area contributed by atoms with E-state index in [1.807, 2.05) is 25.1 Å². The van der Waals surface area contributed by atoms with Crippen molar-refractivity contribution in [3.63, 3.8) is 0 Å². The third-order valence-corrected chi connectivity index (χ3v) is 4.24. The Balaban J connectivity index is 1.65. The number of hydrogen-bond acceptors (Lipinski definition) is 7. The van der Waals surface area contributed by atoms with Crippen LogP contribution in [0.25, 0.3) is 11.4 Å². The van der Waals surface area contributed by atoms with Crippen molar-refractivity contribution in [2.24, 2.45) is 0 Å². The predicted octanol–water partition coefficient (Wildman–Crippen LogP) is 3.40. The van der Waals surface area contributed by atoms with Crippen LogP contribution < -0.4 is 9.47 Å². The molecule has 0 unspecified atom stereocenters. The second-order valence-electron chi connectivity index (χ2n) is 5.99. The normalized spacial score (nSPS) is 18.8. The van der Waals surface area contributed by atoms with E-state index in [-0.39, 0.29) is 12.2 Å². The fourth-order valence-corrected chi connectivity index (χ4v) is 2.75. The molecule has 25 heavy (non-hydrogen) atoms. The molecule has 136 valence electrons. The molecular weight excluding hydrogens is 324 g/mol. The molecule has 0 N–H and O–H groups in total. The third-order valence-electron chi connectivity index (χ3n) is 4.24. The van der Waals surface area contributed by atoms with Crippen molar-refractivity contribution in [2.75, 3.05) is 27.4 Å². The topological polar surface area (TPSA) is 75.8 Å². The molecule has 2 heterocycles. The highest BCUT2D eigenvalue weighted by Crippen LogP contribution is 2.31. The van der Waals surface area contributed by atoms with Gasteiger partial charge in [-0.2, -0.15) is 4.98 Å². The zero-order valence-corrected chi connectivity index (χ0v) is 14.9. The summed E-state index contributed by atoms with van der Waals surface area (Å²) in [4.78, 5) is 4.44. The van der Waals surface area contributed by atoms with Gasteiger partial charge in [-0.25, -0.2) is 0 Å². The fourth-order valence-electron chi connectivity index (χ4n) is 2.75. The number of rotatable bonds is 7. The highest BCUT2D eigenvalue weighted by atomic mass is 16.6. The molecule has 1 fully saturated rings. The molecule has 1 aliphatic rings. The average Bonchev–Trinajstić information content (AvgIpc) is 3.16. The van der Waals surface area contributed by atoms with Crippen LogP contribution in [0.5, 0.6) is 11.5 Å². The molecule has 1 aliphatic heterocycles. The van der Waals surface area contributed by atoms with E-state index in [2.05, 4.69) is 10.1 Å². The number of methoxy groups -OCH3 is 2. The van der Waals surface area contributed by atoms with Crippen molar-refractivity contribution in [3.8, 4) is 22.9 Å². The number of hydrogen-bond donors (Lipinski definition) is 0. The van der Waals surface area contributed by atoms with E-state index >= 15 is 0 Å². The summed E-state index contributed by atoms with van der Waals surface area (Å²) in [7, 11) is 3.19. The van der Waals surface area contributed by atoms with E-state index in [1.54, 1.807) is 14.2 Å². The first-order valence-electron chi connectivity index (χ1n) is 8.50. The molecule has 2 aromatic rings. The van der Waals surface area contributed by atoms with Gasteiger partial charge in [0.1, 0.15) is 6.10 Å². The summed E-state index contributed by atoms with van der Waals surface area (Å²) in [5.74, 6) is 2.20. The number of ether oxygens (including phenoxy) is 4. The minimum absolute atomic E-state index is 0.157. The summed E-state index contributed by atoms with van der Waals surface area (Å²) in [5.41, 5.74) is 0.787.